The molecule has 0 unspecified atom stereocenters. The standard InChI is InChI=1S/C29H34Cl2N4OS/c1-6-34(28(4)15-16-32-17-28)26(36)24-23(18(2)3)35-25(19-7-11-21(30)12-8-19)29(5,33-27(35)37-24)20-9-13-22(31)14-10-20/h7-14,18,25,32H,6,15-17H2,1-5H3/t25-,28+,29+/m1/s1. The number of carbonyl (C=O) groups is 1. The molecule has 5 rings (SSSR count). The molecule has 2 aromatic rings. The van der Waals surface area contributed by atoms with Crippen molar-refractivity contribution in [3.8, 4) is 0 Å². The number of likely N-dealkylation sites (N-methyl/N-ethyl adjacent to an activating group) is 1. The molecule has 0 saturated carbocycles. The quantitative estimate of drug-likeness (QED) is 0.423. The van der Waals surface area contributed by atoms with Gasteiger partial charge in [-0.1, -0.05) is 61.3 Å². The maximum absolute atomic E-state index is 14.2. The fraction of sp³-hybridized carbons (Fsp3) is 0.448. The molecule has 3 heterocycles. The van der Waals surface area contributed by atoms with Crippen LogP contribution in [-0.2, 0) is 10.3 Å². The second-order valence-corrected chi connectivity index (χ2v) is 12.7. The van der Waals surface area contributed by atoms with Crippen molar-refractivity contribution in [2.45, 2.75) is 58.2 Å². The third-order valence-corrected chi connectivity index (χ3v) is 9.49. The molecule has 0 aromatic heterocycles. The first kappa shape index (κ1) is 26.6. The highest BCUT2D eigenvalue weighted by Crippen LogP contribution is 2.56. The fourth-order valence-electron chi connectivity index (χ4n) is 5.99. The van der Waals surface area contributed by atoms with E-state index < -0.39 is 5.54 Å². The van der Waals surface area contributed by atoms with E-state index in [0.717, 1.165) is 46.4 Å². The first-order valence-electron chi connectivity index (χ1n) is 12.9. The number of nitrogens with one attached hydrogen (secondary N) is 1. The molecule has 5 nitrogen and oxygen atoms in total. The van der Waals surface area contributed by atoms with E-state index in [2.05, 4.69) is 74.0 Å². The van der Waals surface area contributed by atoms with E-state index in [1.165, 1.54) is 11.8 Å². The number of carbonyl (C=O) groups excluding carboxylic acids is 1. The summed E-state index contributed by atoms with van der Waals surface area (Å²) in [5, 5.41) is 5.70. The van der Waals surface area contributed by atoms with Crippen LogP contribution in [0.2, 0.25) is 10.0 Å². The van der Waals surface area contributed by atoms with Gasteiger partial charge < -0.3 is 15.1 Å². The molecule has 0 bridgehead atoms. The second kappa shape index (κ2) is 9.96. The maximum atomic E-state index is 14.2. The lowest BCUT2D eigenvalue weighted by molar-refractivity contribution is -0.131. The van der Waals surface area contributed by atoms with Gasteiger partial charge in [-0.3, -0.25) is 4.79 Å². The Morgan fingerprint density at radius 2 is 1.76 bits per heavy atom. The van der Waals surface area contributed by atoms with Crippen molar-refractivity contribution in [1.29, 1.82) is 0 Å². The summed E-state index contributed by atoms with van der Waals surface area (Å²) in [7, 11) is 0. The van der Waals surface area contributed by atoms with E-state index in [1.54, 1.807) is 0 Å². The van der Waals surface area contributed by atoms with Gasteiger partial charge in [-0.25, -0.2) is 4.99 Å². The van der Waals surface area contributed by atoms with Crippen LogP contribution in [0, 0.1) is 5.92 Å². The van der Waals surface area contributed by atoms with Crippen LogP contribution >= 0.6 is 35.0 Å². The molecule has 196 valence electrons. The third-order valence-electron chi connectivity index (χ3n) is 7.92. The Hall–Kier alpha value is -1.99. The molecule has 37 heavy (non-hydrogen) atoms. The molecular formula is C29H34Cl2N4OS. The second-order valence-electron chi connectivity index (χ2n) is 10.8. The number of thioether (sulfide) groups is 1. The van der Waals surface area contributed by atoms with E-state index in [9.17, 15) is 4.79 Å². The lowest BCUT2D eigenvalue weighted by Gasteiger charge is -2.39. The van der Waals surface area contributed by atoms with E-state index in [0.29, 0.717) is 16.6 Å². The number of hydrogen-bond donors (Lipinski definition) is 1. The molecule has 1 saturated heterocycles. The van der Waals surface area contributed by atoms with Crippen LogP contribution in [0.25, 0.3) is 0 Å². The Bertz CT molecular complexity index is 1250. The van der Waals surface area contributed by atoms with Crippen molar-refractivity contribution in [2.75, 3.05) is 19.6 Å². The highest BCUT2D eigenvalue weighted by atomic mass is 35.5. The first-order valence-corrected chi connectivity index (χ1v) is 14.5. The predicted molar refractivity (Wildman–Crippen MR) is 155 cm³/mol. The van der Waals surface area contributed by atoms with Gasteiger partial charge in [0.05, 0.1) is 11.6 Å². The molecule has 1 N–H and O–H groups in total. The van der Waals surface area contributed by atoms with Crippen LogP contribution in [-0.4, -0.2) is 46.0 Å². The van der Waals surface area contributed by atoms with Gasteiger partial charge in [0.2, 0.25) is 0 Å². The van der Waals surface area contributed by atoms with Crippen LogP contribution in [0.15, 0.2) is 64.1 Å². The molecule has 3 aliphatic heterocycles. The Labute approximate surface area is 234 Å². The number of allylic oxidation sites excluding steroid dienone is 1. The topological polar surface area (TPSA) is 47.9 Å². The summed E-state index contributed by atoms with van der Waals surface area (Å²) in [6.45, 7) is 13.2. The molecule has 0 aliphatic carbocycles. The van der Waals surface area contributed by atoms with Crippen molar-refractivity contribution in [3.63, 3.8) is 0 Å². The zero-order valence-electron chi connectivity index (χ0n) is 22.0. The minimum absolute atomic E-state index is 0.0996. The summed E-state index contributed by atoms with van der Waals surface area (Å²) in [5.74, 6) is 0.234. The number of nitrogens with zero attached hydrogens (tertiary/aromatic N) is 3. The van der Waals surface area contributed by atoms with Crippen molar-refractivity contribution in [3.05, 3.63) is 80.3 Å². The Kier molecular flexibility index (Phi) is 7.16. The zero-order valence-corrected chi connectivity index (χ0v) is 24.3. The number of amidine groups is 1. The van der Waals surface area contributed by atoms with Gasteiger partial charge in [0.1, 0.15) is 10.4 Å². The highest BCUT2D eigenvalue weighted by molar-refractivity contribution is 8.18. The predicted octanol–water partition coefficient (Wildman–Crippen LogP) is 6.84. The average molecular weight is 558 g/mol. The van der Waals surface area contributed by atoms with Gasteiger partial charge in [0.15, 0.2) is 5.17 Å². The van der Waals surface area contributed by atoms with E-state index in [-0.39, 0.29) is 23.4 Å². The van der Waals surface area contributed by atoms with Gasteiger partial charge in [-0.2, -0.15) is 0 Å². The first-order chi connectivity index (χ1) is 17.6. The van der Waals surface area contributed by atoms with Crippen molar-refractivity contribution in [1.82, 2.24) is 15.1 Å². The average Bonchev–Trinajstić information content (AvgIpc) is 3.53. The van der Waals surface area contributed by atoms with Gasteiger partial charge in [-0.15, -0.1) is 0 Å². The molecule has 2 aromatic carbocycles. The molecule has 8 heteroatoms. The molecule has 0 radical (unpaired) electrons. The minimum atomic E-state index is -0.568. The third kappa shape index (κ3) is 4.50. The summed E-state index contributed by atoms with van der Waals surface area (Å²) in [4.78, 5) is 24.7. The Morgan fingerprint density at radius 3 is 2.30 bits per heavy atom. The monoisotopic (exact) mass is 556 g/mol. The van der Waals surface area contributed by atoms with Crippen LogP contribution in [0.4, 0.5) is 0 Å². The number of fused-ring (bicyclic) bond motifs is 1. The Morgan fingerprint density at radius 1 is 1.14 bits per heavy atom. The zero-order chi connectivity index (χ0) is 26.5. The smallest absolute Gasteiger partial charge is 0.263 e. The SMILES string of the molecule is CCN(C(=O)C1=C(C(C)C)N2C(=N[C@@](C)(c3ccc(Cl)cc3)[C@H]2c2ccc(Cl)cc2)S1)[C@@]1(C)CCNC1. The Balaban J connectivity index is 1.63. The molecule has 3 aliphatic rings. The minimum Gasteiger partial charge on any atom is -0.332 e. The van der Waals surface area contributed by atoms with Gasteiger partial charge >= 0.3 is 0 Å². The summed E-state index contributed by atoms with van der Waals surface area (Å²) < 4.78 is 0. The number of aliphatic imine (C=N–C) groups is 1. The maximum Gasteiger partial charge on any atom is 0.263 e. The molecule has 1 amide bonds. The van der Waals surface area contributed by atoms with Gasteiger partial charge in [-0.05, 0) is 86.8 Å². The summed E-state index contributed by atoms with van der Waals surface area (Å²) >= 11 is 14.0. The fourth-order valence-corrected chi connectivity index (χ4v) is 7.60. The number of rotatable bonds is 6. The van der Waals surface area contributed by atoms with E-state index in [4.69, 9.17) is 28.2 Å². The van der Waals surface area contributed by atoms with Crippen molar-refractivity contribution >= 4 is 46.0 Å². The number of halogens is 2. The van der Waals surface area contributed by atoms with Gasteiger partial charge in [0.25, 0.3) is 5.91 Å². The van der Waals surface area contributed by atoms with Crippen molar-refractivity contribution < 1.29 is 4.79 Å². The largest absolute Gasteiger partial charge is 0.332 e. The highest BCUT2D eigenvalue weighted by Gasteiger charge is 2.54. The lowest BCUT2D eigenvalue weighted by Crippen LogP contribution is -2.51. The molecule has 0 spiro atoms. The van der Waals surface area contributed by atoms with Crippen LogP contribution in [0.3, 0.4) is 0 Å². The molecule has 3 atom stereocenters. The summed E-state index contributed by atoms with van der Waals surface area (Å²) in [5.41, 5.74) is 2.46. The van der Waals surface area contributed by atoms with Crippen molar-refractivity contribution in [2.24, 2.45) is 10.9 Å². The van der Waals surface area contributed by atoms with E-state index >= 15 is 0 Å². The van der Waals surface area contributed by atoms with Gasteiger partial charge in [0, 0.05) is 28.8 Å². The number of hydrogen-bond acceptors (Lipinski definition) is 5. The van der Waals surface area contributed by atoms with Crippen LogP contribution < -0.4 is 5.32 Å². The molecular weight excluding hydrogens is 523 g/mol. The normalized spacial score (nSPS) is 27.2. The van der Waals surface area contributed by atoms with Crippen LogP contribution in [0.1, 0.15) is 58.2 Å². The lowest BCUT2D eigenvalue weighted by atomic mass is 9.81. The van der Waals surface area contributed by atoms with Crippen LogP contribution in [0.5, 0.6) is 0 Å². The summed E-state index contributed by atoms with van der Waals surface area (Å²) in [6.07, 6.45) is 0.953. The number of benzene rings is 2. The van der Waals surface area contributed by atoms with E-state index in [1.807, 2.05) is 24.3 Å². The summed E-state index contributed by atoms with van der Waals surface area (Å²) in [6, 6.07) is 15.8. The molecule has 1 fully saturated rings. The number of amides is 1.